The number of aromatic nitrogens is 1. The van der Waals surface area contributed by atoms with Gasteiger partial charge in [0, 0.05) is 19.8 Å². The van der Waals surface area contributed by atoms with Crippen LogP contribution in [0.15, 0.2) is 41.4 Å². The molecule has 0 bridgehead atoms. The first-order chi connectivity index (χ1) is 13.3. The van der Waals surface area contributed by atoms with Crippen LogP contribution in [-0.2, 0) is 26.6 Å². The highest BCUT2D eigenvalue weighted by atomic mass is 32.2. The molecule has 150 valence electrons. The predicted molar refractivity (Wildman–Crippen MR) is 98.7 cm³/mol. The molecule has 1 aromatic heterocycles. The lowest BCUT2D eigenvalue weighted by Crippen LogP contribution is -2.43. The van der Waals surface area contributed by atoms with Gasteiger partial charge in [-0.05, 0) is 31.0 Å². The Morgan fingerprint density at radius 3 is 2.68 bits per heavy atom. The first-order valence-corrected chi connectivity index (χ1v) is 10.0. The molecule has 1 saturated heterocycles. The number of ether oxygens (including phenoxy) is 1. The molecule has 0 aliphatic carbocycles. The zero-order chi connectivity index (χ0) is 20.5. The van der Waals surface area contributed by atoms with Crippen molar-refractivity contribution in [3.63, 3.8) is 0 Å². The highest BCUT2D eigenvalue weighted by Gasteiger charge is 2.40. The number of methoxy groups -OCH3 is 1. The number of rotatable bonds is 5. The van der Waals surface area contributed by atoms with Gasteiger partial charge in [0.15, 0.2) is 0 Å². The van der Waals surface area contributed by atoms with E-state index in [1.807, 2.05) is 0 Å². The van der Waals surface area contributed by atoms with Gasteiger partial charge in [-0.2, -0.15) is 4.31 Å². The van der Waals surface area contributed by atoms with Crippen molar-refractivity contribution in [3.8, 4) is 0 Å². The fraction of sp³-hybridized carbons (Fsp3) is 0.333. The number of esters is 1. The summed E-state index contributed by atoms with van der Waals surface area (Å²) in [4.78, 5) is 24.3. The molecule has 1 N–H and O–H groups in total. The number of carbonyl (C=O) groups excluding carboxylic acids is 2. The topological polar surface area (TPSA) is 97.7 Å². The second-order valence-electron chi connectivity index (χ2n) is 6.41. The van der Waals surface area contributed by atoms with Crippen molar-refractivity contribution < 1.29 is 27.1 Å². The fourth-order valence-corrected chi connectivity index (χ4v) is 4.91. The molecule has 28 heavy (non-hydrogen) atoms. The van der Waals surface area contributed by atoms with Crippen LogP contribution in [0.1, 0.15) is 23.3 Å². The third-order valence-electron chi connectivity index (χ3n) is 4.62. The third-order valence-corrected chi connectivity index (χ3v) is 6.49. The Morgan fingerprint density at radius 1 is 1.29 bits per heavy atom. The number of halogens is 1. The number of amides is 1. The molecule has 3 rings (SSSR count). The molecule has 1 aromatic carbocycles. The summed E-state index contributed by atoms with van der Waals surface area (Å²) in [5.74, 6) is -1.87. The molecular formula is C18H20FN3O5S. The summed E-state index contributed by atoms with van der Waals surface area (Å²) in [5, 5.41) is 2.45. The largest absolute Gasteiger partial charge is 0.464 e. The van der Waals surface area contributed by atoms with Crippen molar-refractivity contribution >= 4 is 27.6 Å². The molecule has 0 spiro atoms. The molecule has 0 saturated carbocycles. The second-order valence-corrected chi connectivity index (χ2v) is 8.30. The van der Waals surface area contributed by atoms with Crippen molar-refractivity contribution in [1.29, 1.82) is 0 Å². The van der Waals surface area contributed by atoms with Crippen LogP contribution in [-0.4, -0.2) is 48.9 Å². The number of nitrogens with one attached hydrogen (secondary N) is 1. The SMILES string of the molecule is COC(=O)c1cc(S(=O)(=O)N2CCC[C@H]2C(=O)Nc2ccccc2F)cn1C. The quantitative estimate of drug-likeness (QED) is 0.759. The lowest BCUT2D eigenvalue weighted by Gasteiger charge is -2.23. The van der Waals surface area contributed by atoms with Gasteiger partial charge in [0.1, 0.15) is 22.4 Å². The summed E-state index contributed by atoms with van der Waals surface area (Å²) in [6, 6.07) is 5.92. The lowest BCUT2D eigenvalue weighted by atomic mass is 10.2. The number of aryl methyl sites for hydroxylation is 1. The number of para-hydroxylation sites is 1. The maximum Gasteiger partial charge on any atom is 0.354 e. The molecule has 8 nitrogen and oxygen atoms in total. The number of nitrogens with zero attached hydrogens (tertiary/aromatic N) is 2. The molecule has 2 aromatic rings. The average molecular weight is 409 g/mol. The molecule has 2 heterocycles. The molecule has 1 atom stereocenters. The van der Waals surface area contributed by atoms with E-state index in [9.17, 15) is 22.4 Å². The van der Waals surface area contributed by atoms with E-state index in [2.05, 4.69) is 10.1 Å². The highest BCUT2D eigenvalue weighted by molar-refractivity contribution is 7.89. The minimum Gasteiger partial charge on any atom is -0.464 e. The smallest absolute Gasteiger partial charge is 0.354 e. The normalized spacial score (nSPS) is 17.5. The monoisotopic (exact) mass is 409 g/mol. The minimum atomic E-state index is -4.03. The van der Waals surface area contributed by atoms with Gasteiger partial charge in [-0.15, -0.1) is 0 Å². The zero-order valence-corrected chi connectivity index (χ0v) is 16.2. The zero-order valence-electron chi connectivity index (χ0n) is 15.4. The third kappa shape index (κ3) is 3.65. The summed E-state index contributed by atoms with van der Waals surface area (Å²) in [7, 11) is -1.30. The van der Waals surface area contributed by atoms with E-state index in [0.717, 1.165) is 4.31 Å². The summed E-state index contributed by atoms with van der Waals surface area (Å²) < 4.78 is 47.0. The molecule has 10 heteroatoms. The van der Waals surface area contributed by atoms with Crippen molar-refractivity contribution in [2.45, 2.75) is 23.8 Å². The van der Waals surface area contributed by atoms with Crippen molar-refractivity contribution in [2.24, 2.45) is 7.05 Å². The van der Waals surface area contributed by atoms with Crippen LogP contribution < -0.4 is 5.32 Å². The lowest BCUT2D eigenvalue weighted by molar-refractivity contribution is -0.119. The van der Waals surface area contributed by atoms with Gasteiger partial charge in [-0.25, -0.2) is 17.6 Å². The van der Waals surface area contributed by atoms with E-state index in [1.54, 1.807) is 6.07 Å². The van der Waals surface area contributed by atoms with Gasteiger partial charge in [-0.1, -0.05) is 12.1 Å². The van der Waals surface area contributed by atoms with Crippen LogP contribution >= 0.6 is 0 Å². The number of sulfonamides is 1. The Kier molecular flexibility index (Phi) is 5.52. The van der Waals surface area contributed by atoms with Crippen molar-refractivity contribution in [1.82, 2.24) is 8.87 Å². The van der Waals surface area contributed by atoms with Crippen LogP contribution in [0.3, 0.4) is 0 Å². The number of carbonyl (C=O) groups is 2. The van der Waals surface area contributed by atoms with Crippen LogP contribution in [0, 0.1) is 5.82 Å². The first-order valence-electron chi connectivity index (χ1n) is 8.57. The van der Waals surface area contributed by atoms with Crippen LogP contribution in [0.2, 0.25) is 0 Å². The molecule has 0 unspecified atom stereocenters. The fourth-order valence-electron chi connectivity index (χ4n) is 3.19. The van der Waals surface area contributed by atoms with Crippen LogP contribution in [0.5, 0.6) is 0 Å². The van der Waals surface area contributed by atoms with Crippen LogP contribution in [0.4, 0.5) is 10.1 Å². The summed E-state index contributed by atoms with van der Waals surface area (Å²) >= 11 is 0. The molecule has 1 aliphatic heterocycles. The Labute approximate surface area is 161 Å². The van der Waals surface area contributed by atoms with E-state index in [1.165, 1.54) is 49.2 Å². The van der Waals surface area contributed by atoms with E-state index in [0.29, 0.717) is 12.8 Å². The minimum absolute atomic E-state index is 0.00978. The standard InChI is InChI=1S/C18H20FN3O5S/c1-21-11-12(10-16(21)18(24)27-2)28(25,26)22-9-5-8-15(22)17(23)20-14-7-4-3-6-13(14)19/h3-4,6-7,10-11,15H,5,8-9H2,1-2H3,(H,20,23)/t15-/m0/s1. The van der Waals surface area contributed by atoms with E-state index in [4.69, 9.17) is 0 Å². The summed E-state index contributed by atoms with van der Waals surface area (Å²) in [5.41, 5.74) is 0.0667. The van der Waals surface area contributed by atoms with Gasteiger partial charge in [0.2, 0.25) is 15.9 Å². The number of benzene rings is 1. The number of hydrogen-bond donors (Lipinski definition) is 1. The maximum atomic E-state index is 13.8. The predicted octanol–water partition coefficient (Wildman–Crippen LogP) is 1.74. The van der Waals surface area contributed by atoms with Gasteiger partial charge in [-0.3, -0.25) is 4.79 Å². The van der Waals surface area contributed by atoms with Gasteiger partial charge in [0.25, 0.3) is 0 Å². The maximum absolute atomic E-state index is 13.8. The Hall–Kier alpha value is -2.72. The number of hydrogen-bond acceptors (Lipinski definition) is 5. The van der Waals surface area contributed by atoms with Gasteiger partial charge >= 0.3 is 5.97 Å². The van der Waals surface area contributed by atoms with Crippen molar-refractivity contribution in [2.75, 3.05) is 19.0 Å². The molecular weight excluding hydrogens is 389 g/mol. The molecule has 1 aliphatic rings. The highest BCUT2D eigenvalue weighted by Crippen LogP contribution is 2.28. The molecule has 1 fully saturated rings. The molecule has 1 amide bonds. The van der Waals surface area contributed by atoms with E-state index < -0.39 is 33.8 Å². The first kappa shape index (κ1) is 20.0. The Balaban J connectivity index is 1.86. The summed E-state index contributed by atoms with van der Waals surface area (Å²) in [6.07, 6.45) is 2.10. The van der Waals surface area contributed by atoms with Gasteiger partial charge < -0.3 is 14.6 Å². The Morgan fingerprint density at radius 2 is 2.00 bits per heavy atom. The summed E-state index contributed by atoms with van der Waals surface area (Å²) in [6.45, 7) is 0.153. The van der Waals surface area contributed by atoms with Crippen molar-refractivity contribution in [3.05, 3.63) is 48.0 Å². The van der Waals surface area contributed by atoms with Gasteiger partial charge in [0.05, 0.1) is 12.8 Å². The molecule has 0 radical (unpaired) electrons. The second kappa shape index (κ2) is 7.72. The Bertz CT molecular complexity index is 1020. The number of anilines is 1. The average Bonchev–Trinajstić information content (AvgIpc) is 3.30. The van der Waals surface area contributed by atoms with E-state index in [-0.39, 0.29) is 22.8 Å². The van der Waals surface area contributed by atoms with Crippen LogP contribution in [0.25, 0.3) is 0 Å². The van der Waals surface area contributed by atoms with E-state index >= 15 is 0 Å².